The van der Waals surface area contributed by atoms with Gasteiger partial charge in [0, 0.05) is 11.6 Å². The molecule has 3 unspecified atom stereocenters. The van der Waals surface area contributed by atoms with Crippen LogP contribution < -0.4 is 5.32 Å². The van der Waals surface area contributed by atoms with Crippen LogP contribution in [0.25, 0.3) is 0 Å². The molecular weight excluding hydrogens is 249 g/mol. The molecule has 1 aliphatic rings. The fraction of sp³-hybridized carbons (Fsp3) is 0.667. The van der Waals surface area contributed by atoms with Crippen LogP contribution in [0, 0.1) is 24.6 Å². The summed E-state index contributed by atoms with van der Waals surface area (Å²) < 4.78 is 14.2. The molecule has 2 heteroatoms. The molecule has 112 valence electrons. The molecule has 1 aromatic rings. The largest absolute Gasteiger partial charge is 0.310 e. The summed E-state index contributed by atoms with van der Waals surface area (Å²) in [5.41, 5.74) is 2.02. The van der Waals surface area contributed by atoms with E-state index in [0.29, 0.717) is 5.92 Å². The molecule has 0 spiro atoms. The van der Waals surface area contributed by atoms with Crippen LogP contribution in [0.2, 0.25) is 0 Å². The SMILES string of the molecule is CCCNC(c1cc(C)ccc1F)C1CCC(CC)C1. The van der Waals surface area contributed by atoms with Gasteiger partial charge >= 0.3 is 0 Å². The van der Waals surface area contributed by atoms with E-state index in [0.717, 1.165) is 30.0 Å². The monoisotopic (exact) mass is 277 g/mol. The molecule has 0 amide bonds. The van der Waals surface area contributed by atoms with Crippen LogP contribution >= 0.6 is 0 Å². The van der Waals surface area contributed by atoms with Crippen molar-refractivity contribution in [3.05, 3.63) is 35.1 Å². The third-order valence-corrected chi connectivity index (χ3v) is 4.73. The van der Waals surface area contributed by atoms with Gasteiger partial charge in [0.25, 0.3) is 0 Å². The van der Waals surface area contributed by atoms with Crippen LogP contribution in [0.1, 0.15) is 63.1 Å². The molecule has 1 fully saturated rings. The average Bonchev–Trinajstić information content (AvgIpc) is 2.92. The highest BCUT2D eigenvalue weighted by molar-refractivity contribution is 5.27. The summed E-state index contributed by atoms with van der Waals surface area (Å²) in [4.78, 5) is 0. The Morgan fingerprint density at radius 2 is 2.10 bits per heavy atom. The molecule has 0 bridgehead atoms. The molecule has 0 aromatic heterocycles. The van der Waals surface area contributed by atoms with Gasteiger partial charge in [-0.15, -0.1) is 0 Å². The Morgan fingerprint density at radius 3 is 2.75 bits per heavy atom. The smallest absolute Gasteiger partial charge is 0.128 e. The predicted octanol–water partition coefficient (Wildman–Crippen LogP) is 5.00. The van der Waals surface area contributed by atoms with Crippen molar-refractivity contribution in [1.29, 1.82) is 0 Å². The minimum atomic E-state index is -0.0517. The van der Waals surface area contributed by atoms with Crippen molar-refractivity contribution in [2.24, 2.45) is 11.8 Å². The summed E-state index contributed by atoms with van der Waals surface area (Å²) in [6.07, 6.45) is 6.12. The highest BCUT2D eigenvalue weighted by Crippen LogP contribution is 2.41. The lowest BCUT2D eigenvalue weighted by Crippen LogP contribution is -2.29. The fourth-order valence-corrected chi connectivity index (χ4v) is 3.52. The fourth-order valence-electron chi connectivity index (χ4n) is 3.52. The second kappa shape index (κ2) is 7.21. The third kappa shape index (κ3) is 3.60. The van der Waals surface area contributed by atoms with Crippen LogP contribution in [0.4, 0.5) is 4.39 Å². The molecule has 1 aliphatic carbocycles. The molecule has 1 aromatic carbocycles. The number of benzene rings is 1. The number of rotatable bonds is 6. The molecule has 0 saturated heterocycles. The van der Waals surface area contributed by atoms with Gasteiger partial charge in [0.15, 0.2) is 0 Å². The Morgan fingerprint density at radius 1 is 1.30 bits per heavy atom. The Kier molecular flexibility index (Phi) is 5.59. The minimum Gasteiger partial charge on any atom is -0.310 e. The zero-order valence-corrected chi connectivity index (χ0v) is 13.1. The minimum absolute atomic E-state index is 0.0517. The lowest BCUT2D eigenvalue weighted by molar-refractivity contribution is 0.344. The van der Waals surface area contributed by atoms with E-state index in [2.05, 4.69) is 19.2 Å². The molecule has 0 radical (unpaired) electrons. The molecule has 1 N–H and O–H groups in total. The van der Waals surface area contributed by atoms with E-state index in [1.165, 1.54) is 25.7 Å². The number of hydrogen-bond acceptors (Lipinski definition) is 1. The number of hydrogen-bond donors (Lipinski definition) is 1. The van der Waals surface area contributed by atoms with Crippen LogP contribution in [-0.4, -0.2) is 6.54 Å². The lowest BCUT2D eigenvalue weighted by Gasteiger charge is -2.26. The van der Waals surface area contributed by atoms with E-state index in [-0.39, 0.29) is 11.9 Å². The predicted molar refractivity (Wildman–Crippen MR) is 83.3 cm³/mol. The summed E-state index contributed by atoms with van der Waals surface area (Å²) in [6.45, 7) is 7.45. The summed E-state index contributed by atoms with van der Waals surface area (Å²) in [7, 11) is 0. The summed E-state index contributed by atoms with van der Waals surface area (Å²) in [5, 5.41) is 3.60. The summed E-state index contributed by atoms with van der Waals surface area (Å²) in [5.74, 6) is 1.37. The van der Waals surface area contributed by atoms with Crippen molar-refractivity contribution in [3.8, 4) is 0 Å². The lowest BCUT2D eigenvalue weighted by atomic mass is 9.89. The quantitative estimate of drug-likeness (QED) is 0.771. The Hall–Kier alpha value is -0.890. The molecule has 20 heavy (non-hydrogen) atoms. The zero-order valence-electron chi connectivity index (χ0n) is 13.1. The van der Waals surface area contributed by atoms with Gasteiger partial charge < -0.3 is 5.32 Å². The first-order valence-electron chi connectivity index (χ1n) is 8.15. The number of halogens is 1. The van der Waals surface area contributed by atoms with Gasteiger partial charge in [-0.05, 0) is 50.6 Å². The van der Waals surface area contributed by atoms with Crippen molar-refractivity contribution in [3.63, 3.8) is 0 Å². The van der Waals surface area contributed by atoms with Gasteiger partial charge in [0.1, 0.15) is 5.82 Å². The Bertz CT molecular complexity index is 429. The topological polar surface area (TPSA) is 12.0 Å². The van der Waals surface area contributed by atoms with Crippen LogP contribution in [0.5, 0.6) is 0 Å². The second-order valence-electron chi connectivity index (χ2n) is 6.30. The van der Waals surface area contributed by atoms with E-state index in [4.69, 9.17) is 0 Å². The molecule has 0 heterocycles. The van der Waals surface area contributed by atoms with Crippen molar-refractivity contribution >= 4 is 0 Å². The van der Waals surface area contributed by atoms with Crippen LogP contribution in [-0.2, 0) is 0 Å². The van der Waals surface area contributed by atoms with E-state index >= 15 is 0 Å². The summed E-state index contributed by atoms with van der Waals surface area (Å²) in [6, 6.07) is 5.70. The van der Waals surface area contributed by atoms with Gasteiger partial charge in [-0.25, -0.2) is 4.39 Å². The molecule has 0 aliphatic heterocycles. The molecule has 3 atom stereocenters. The molecule has 2 rings (SSSR count). The average molecular weight is 277 g/mol. The van der Waals surface area contributed by atoms with Crippen molar-refractivity contribution < 1.29 is 4.39 Å². The second-order valence-corrected chi connectivity index (χ2v) is 6.30. The first-order valence-corrected chi connectivity index (χ1v) is 8.15. The maximum absolute atomic E-state index is 14.2. The van der Waals surface area contributed by atoms with Gasteiger partial charge in [-0.1, -0.05) is 44.4 Å². The number of aryl methyl sites for hydroxylation is 1. The Balaban J connectivity index is 2.20. The first-order chi connectivity index (χ1) is 9.65. The van der Waals surface area contributed by atoms with Crippen molar-refractivity contribution in [1.82, 2.24) is 5.32 Å². The zero-order chi connectivity index (χ0) is 14.5. The van der Waals surface area contributed by atoms with E-state index in [1.54, 1.807) is 6.07 Å². The maximum atomic E-state index is 14.2. The van der Waals surface area contributed by atoms with Crippen LogP contribution in [0.3, 0.4) is 0 Å². The summed E-state index contributed by atoms with van der Waals surface area (Å²) >= 11 is 0. The highest BCUT2D eigenvalue weighted by Gasteiger charge is 2.31. The third-order valence-electron chi connectivity index (χ3n) is 4.73. The van der Waals surface area contributed by atoms with Crippen molar-refractivity contribution in [2.45, 2.75) is 58.9 Å². The maximum Gasteiger partial charge on any atom is 0.128 e. The van der Waals surface area contributed by atoms with E-state index in [1.807, 2.05) is 19.1 Å². The van der Waals surface area contributed by atoms with Gasteiger partial charge in [-0.3, -0.25) is 0 Å². The van der Waals surface area contributed by atoms with Gasteiger partial charge in [0.2, 0.25) is 0 Å². The standard InChI is InChI=1S/C18H28FN/c1-4-10-20-18(15-8-7-14(5-2)12-15)16-11-13(3)6-9-17(16)19/h6,9,11,14-15,18,20H,4-5,7-8,10,12H2,1-3H3. The first kappa shape index (κ1) is 15.5. The van der Waals surface area contributed by atoms with Gasteiger partial charge in [-0.2, -0.15) is 0 Å². The molecule has 1 nitrogen and oxygen atoms in total. The highest BCUT2D eigenvalue weighted by atomic mass is 19.1. The van der Waals surface area contributed by atoms with E-state index in [9.17, 15) is 4.39 Å². The van der Waals surface area contributed by atoms with Gasteiger partial charge in [0.05, 0.1) is 0 Å². The molecule has 1 saturated carbocycles. The van der Waals surface area contributed by atoms with E-state index < -0.39 is 0 Å². The number of nitrogens with one attached hydrogen (secondary N) is 1. The normalized spacial score (nSPS) is 24.0. The van der Waals surface area contributed by atoms with Crippen LogP contribution in [0.15, 0.2) is 18.2 Å². The van der Waals surface area contributed by atoms with Crippen molar-refractivity contribution in [2.75, 3.05) is 6.54 Å². The Labute approximate surface area is 123 Å². The molecular formula is C18H28FN.